The third kappa shape index (κ3) is 7.82. The van der Waals surface area contributed by atoms with Crippen LogP contribution in [0.15, 0.2) is 24.3 Å². The zero-order valence-corrected chi connectivity index (χ0v) is 14.7. The summed E-state index contributed by atoms with van der Waals surface area (Å²) in [6, 6.07) is 7.23. The SMILES string of the molecule is CCCCCCC(C)NC(=O)c1ccc(NC(=O)CCC)cc1. The molecule has 2 amide bonds. The van der Waals surface area contributed by atoms with Gasteiger partial charge in [-0.3, -0.25) is 9.59 Å². The molecule has 1 unspecified atom stereocenters. The maximum Gasteiger partial charge on any atom is 0.251 e. The first-order chi connectivity index (χ1) is 11.1. The minimum absolute atomic E-state index is 0.00500. The number of nitrogens with one attached hydrogen (secondary N) is 2. The summed E-state index contributed by atoms with van der Waals surface area (Å²) >= 11 is 0. The number of carbonyl (C=O) groups excluding carboxylic acids is 2. The summed E-state index contributed by atoms with van der Waals surface area (Å²) in [4.78, 5) is 23.7. The van der Waals surface area contributed by atoms with Crippen LogP contribution >= 0.6 is 0 Å². The molecule has 4 heteroatoms. The summed E-state index contributed by atoms with van der Waals surface area (Å²) in [6.07, 6.45) is 7.20. The zero-order valence-electron chi connectivity index (χ0n) is 14.7. The Bertz CT molecular complexity index is 483. The van der Waals surface area contributed by atoms with Gasteiger partial charge in [-0.05, 0) is 44.0 Å². The second kappa shape index (κ2) is 10.8. The molecule has 0 aliphatic carbocycles. The second-order valence-corrected chi connectivity index (χ2v) is 6.10. The van der Waals surface area contributed by atoms with E-state index in [2.05, 4.69) is 17.6 Å². The first-order valence-electron chi connectivity index (χ1n) is 8.77. The predicted octanol–water partition coefficient (Wildman–Crippen LogP) is 4.51. The molecule has 1 rings (SSSR count). The van der Waals surface area contributed by atoms with Gasteiger partial charge in [0.25, 0.3) is 5.91 Å². The van der Waals surface area contributed by atoms with E-state index in [0.717, 1.165) is 24.9 Å². The molecule has 2 N–H and O–H groups in total. The molecular weight excluding hydrogens is 288 g/mol. The summed E-state index contributed by atoms with van der Waals surface area (Å²) < 4.78 is 0. The number of hydrogen-bond acceptors (Lipinski definition) is 2. The first-order valence-corrected chi connectivity index (χ1v) is 8.77. The quantitative estimate of drug-likeness (QED) is 0.623. The third-order valence-corrected chi connectivity index (χ3v) is 3.78. The monoisotopic (exact) mass is 318 g/mol. The van der Waals surface area contributed by atoms with Gasteiger partial charge in [0.05, 0.1) is 0 Å². The molecule has 128 valence electrons. The Balaban J connectivity index is 2.42. The maximum absolute atomic E-state index is 12.2. The topological polar surface area (TPSA) is 58.2 Å². The summed E-state index contributed by atoms with van der Waals surface area (Å²) in [5.41, 5.74) is 1.35. The van der Waals surface area contributed by atoms with Crippen molar-refractivity contribution in [3.63, 3.8) is 0 Å². The molecule has 4 nitrogen and oxygen atoms in total. The van der Waals surface area contributed by atoms with Crippen molar-refractivity contribution in [2.75, 3.05) is 5.32 Å². The fourth-order valence-corrected chi connectivity index (χ4v) is 2.41. The smallest absolute Gasteiger partial charge is 0.251 e. The molecule has 0 radical (unpaired) electrons. The van der Waals surface area contributed by atoms with Gasteiger partial charge in [-0.25, -0.2) is 0 Å². The zero-order chi connectivity index (χ0) is 17.1. The highest BCUT2D eigenvalue weighted by Gasteiger charge is 2.10. The number of amides is 2. The third-order valence-electron chi connectivity index (χ3n) is 3.78. The number of hydrogen-bond donors (Lipinski definition) is 2. The van der Waals surface area contributed by atoms with E-state index in [1.54, 1.807) is 24.3 Å². The second-order valence-electron chi connectivity index (χ2n) is 6.10. The first kappa shape index (κ1) is 19.2. The molecule has 23 heavy (non-hydrogen) atoms. The van der Waals surface area contributed by atoms with Gasteiger partial charge in [0.2, 0.25) is 5.91 Å². The van der Waals surface area contributed by atoms with Crippen LogP contribution in [-0.4, -0.2) is 17.9 Å². The van der Waals surface area contributed by atoms with Crippen LogP contribution in [0.5, 0.6) is 0 Å². The molecule has 0 aliphatic heterocycles. The minimum atomic E-state index is -0.0561. The average Bonchev–Trinajstić information content (AvgIpc) is 2.52. The van der Waals surface area contributed by atoms with Gasteiger partial charge in [0.1, 0.15) is 0 Å². The van der Waals surface area contributed by atoms with E-state index < -0.39 is 0 Å². The number of carbonyl (C=O) groups is 2. The Morgan fingerprint density at radius 1 is 1.00 bits per heavy atom. The Hall–Kier alpha value is -1.84. The van der Waals surface area contributed by atoms with Crippen molar-refractivity contribution < 1.29 is 9.59 Å². The van der Waals surface area contributed by atoms with Gasteiger partial charge in [-0.1, -0.05) is 39.5 Å². The molecule has 0 saturated heterocycles. The van der Waals surface area contributed by atoms with E-state index in [1.807, 2.05) is 13.8 Å². The summed E-state index contributed by atoms with van der Waals surface area (Å²) in [6.45, 7) is 6.21. The molecule has 1 aromatic carbocycles. The van der Waals surface area contributed by atoms with Crippen LogP contribution in [0.3, 0.4) is 0 Å². The number of anilines is 1. The largest absolute Gasteiger partial charge is 0.350 e. The van der Waals surface area contributed by atoms with Crippen LogP contribution in [-0.2, 0) is 4.79 Å². The van der Waals surface area contributed by atoms with Crippen LogP contribution in [0.1, 0.15) is 76.1 Å². The summed E-state index contributed by atoms with van der Waals surface area (Å²) in [5.74, 6) is -0.0511. The summed E-state index contributed by atoms with van der Waals surface area (Å²) in [7, 11) is 0. The Kier molecular flexibility index (Phi) is 9.03. The van der Waals surface area contributed by atoms with E-state index in [4.69, 9.17) is 0 Å². The van der Waals surface area contributed by atoms with Crippen molar-refractivity contribution in [3.8, 4) is 0 Å². The molecule has 1 aromatic rings. The molecule has 0 spiro atoms. The van der Waals surface area contributed by atoms with Crippen molar-refractivity contribution in [1.82, 2.24) is 5.32 Å². The van der Waals surface area contributed by atoms with Gasteiger partial charge in [-0.2, -0.15) is 0 Å². The average molecular weight is 318 g/mol. The lowest BCUT2D eigenvalue weighted by Crippen LogP contribution is -2.32. The van der Waals surface area contributed by atoms with Crippen LogP contribution in [0.4, 0.5) is 5.69 Å². The standard InChI is InChI=1S/C19H30N2O2/c1-4-6-7-8-10-15(3)20-19(23)16-11-13-17(14-12-16)21-18(22)9-5-2/h11-15H,4-10H2,1-3H3,(H,20,23)(H,21,22). The molecule has 0 aliphatic rings. The summed E-state index contributed by atoms with van der Waals surface area (Å²) in [5, 5.41) is 5.85. The molecule has 0 aromatic heterocycles. The van der Waals surface area contributed by atoms with Crippen molar-refractivity contribution in [1.29, 1.82) is 0 Å². The highest BCUT2D eigenvalue weighted by molar-refractivity contribution is 5.95. The van der Waals surface area contributed by atoms with Gasteiger partial charge in [0, 0.05) is 23.7 Å². The molecule has 1 atom stereocenters. The van der Waals surface area contributed by atoms with Gasteiger partial charge < -0.3 is 10.6 Å². The molecule has 0 saturated carbocycles. The predicted molar refractivity (Wildman–Crippen MR) is 95.7 cm³/mol. The van der Waals surface area contributed by atoms with E-state index in [1.165, 1.54) is 19.3 Å². The maximum atomic E-state index is 12.2. The van der Waals surface area contributed by atoms with Crippen LogP contribution in [0.2, 0.25) is 0 Å². The lowest BCUT2D eigenvalue weighted by atomic mass is 10.1. The lowest BCUT2D eigenvalue weighted by molar-refractivity contribution is -0.116. The van der Waals surface area contributed by atoms with Gasteiger partial charge in [0.15, 0.2) is 0 Å². The van der Waals surface area contributed by atoms with Gasteiger partial charge in [-0.15, -0.1) is 0 Å². The fourth-order valence-electron chi connectivity index (χ4n) is 2.41. The van der Waals surface area contributed by atoms with Gasteiger partial charge >= 0.3 is 0 Å². The highest BCUT2D eigenvalue weighted by atomic mass is 16.2. The Morgan fingerprint density at radius 3 is 2.30 bits per heavy atom. The number of rotatable bonds is 10. The minimum Gasteiger partial charge on any atom is -0.350 e. The van der Waals surface area contributed by atoms with E-state index >= 15 is 0 Å². The molecule has 0 fully saturated rings. The van der Waals surface area contributed by atoms with E-state index in [9.17, 15) is 9.59 Å². The molecule has 0 heterocycles. The van der Waals surface area contributed by atoms with Crippen LogP contribution in [0.25, 0.3) is 0 Å². The normalized spacial score (nSPS) is 11.8. The van der Waals surface area contributed by atoms with Crippen LogP contribution in [0, 0.1) is 0 Å². The number of unbranched alkanes of at least 4 members (excludes halogenated alkanes) is 3. The van der Waals surface area contributed by atoms with Crippen molar-refractivity contribution >= 4 is 17.5 Å². The Morgan fingerprint density at radius 2 is 1.70 bits per heavy atom. The van der Waals surface area contributed by atoms with Crippen molar-refractivity contribution in [3.05, 3.63) is 29.8 Å². The van der Waals surface area contributed by atoms with Crippen molar-refractivity contribution in [2.45, 2.75) is 71.8 Å². The van der Waals surface area contributed by atoms with Crippen LogP contribution < -0.4 is 10.6 Å². The molecule has 0 bridgehead atoms. The Labute approximate surface area is 140 Å². The van der Waals surface area contributed by atoms with E-state index in [-0.39, 0.29) is 17.9 Å². The van der Waals surface area contributed by atoms with E-state index in [0.29, 0.717) is 12.0 Å². The molecular formula is C19H30N2O2. The van der Waals surface area contributed by atoms with Crippen molar-refractivity contribution in [2.24, 2.45) is 0 Å². The number of benzene rings is 1. The lowest BCUT2D eigenvalue weighted by Gasteiger charge is -2.14. The highest BCUT2D eigenvalue weighted by Crippen LogP contribution is 2.11. The fraction of sp³-hybridized carbons (Fsp3) is 0.579.